The molecule has 5 heteroatoms. The van der Waals surface area contributed by atoms with Crippen molar-refractivity contribution < 1.29 is 9.18 Å². The summed E-state index contributed by atoms with van der Waals surface area (Å²) in [5, 5.41) is -0.319. The molecule has 1 aromatic rings. The second-order valence-electron chi connectivity index (χ2n) is 4.09. The smallest absolute Gasteiger partial charge is 0.235 e. The highest BCUT2D eigenvalue weighted by Gasteiger charge is 2.18. The van der Waals surface area contributed by atoms with Crippen LogP contribution in [0.25, 0.3) is 0 Å². The molecule has 0 N–H and O–H groups in total. The summed E-state index contributed by atoms with van der Waals surface area (Å²) in [5.41, 5.74) is 1.02. The van der Waals surface area contributed by atoms with E-state index in [2.05, 4.69) is 4.90 Å². The first kappa shape index (κ1) is 12.3. The molecule has 1 aliphatic rings. The van der Waals surface area contributed by atoms with Gasteiger partial charge in [-0.15, -0.1) is 0 Å². The maximum Gasteiger partial charge on any atom is 0.235 e. The number of halogens is 2. The van der Waals surface area contributed by atoms with Crippen molar-refractivity contribution in [1.29, 1.82) is 0 Å². The van der Waals surface area contributed by atoms with Gasteiger partial charge in [0.25, 0.3) is 0 Å². The van der Waals surface area contributed by atoms with E-state index in [0.717, 1.165) is 31.9 Å². The molecule has 1 saturated heterocycles. The van der Waals surface area contributed by atoms with E-state index in [-0.39, 0.29) is 11.1 Å². The monoisotopic (exact) mass is 256 g/mol. The molecule has 0 radical (unpaired) electrons. The third-order valence-electron chi connectivity index (χ3n) is 2.91. The molecule has 1 aliphatic heterocycles. The second kappa shape index (κ2) is 5.47. The zero-order chi connectivity index (χ0) is 12.3. The highest BCUT2D eigenvalue weighted by atomic mass is 35.5. The van der Waals surface area contributed by atoms with Gasteiger partial charge >= 0.3 is 0 Å². The zero-order valence-corrected chi connectivity index (χ0v) is 10.2. The first-order valence-corrected chi connectivity index (χ1v) is 5.94. The van der Waals surface area contributed by atoms with E-state index in [1.54, 1.807) is 12.1 Å². The minimum Gasteiger partial charge on any atom is -0.369 e. The van der Waals surface area contributed by atoms with Gasteiger partial charge in [-0.1, -0.05) is 0 Å². The highest BCUT2D eigenvalue weighted by Crippen LogP contribution is 2.16. The molecule has 0 spiro atoms. The number of nitrogens with zero attached hydrogens (tertiary/aromatic N) is 2. The van der Waals surface area contributed by atoms with Crippen molar-refractivity contribution in [1.82, 2.24) is 4.90 Å². The summed E-state index contributed by atoms with van der Waals surface area (Å²) >= 11 is 5.35. The third-order valence-corrected chi connectivity index (χ3v) is 3.03. The number of rotatable bonds is 3. The average Bonchev–Trinajstić information content (AvgIpc) is 2.30. The summed E-state index contributed by atoms with van der Waals surface area (Å²) in [7, 11) is 0. The first-order valence-electron chi connectivity index (χ1n) is 5.56. The minimum absolute atomic E-state index is 0.222. The fraction of sp³-hybridized carbons (Fsp3) is 0.417. The van der Waals surface area contributed by atoms with Crippen molar-refractivity contribution in [3.05, 3.63) is 30.1 Å². The summed E-state index contributed by atoms with van der Waals surface area (Å²) in [6, 6.07) is 6.48. The number of hydrogen-bond acceptors (Lipinski definition) is 3. The van der Waals surface area contributed by atoms with Crippen LogP contribution in [0.2, 0.25) is 0 Å². The molecule has 1 fully saturated rings. The van der Waals surface area contributed by atoms with Gasteiger partial charge in [0.05, 0.1) is 6.54 Å². The Labute approximate surface area is 105 Å². The summed E-state index contributed by atoms with van der Waals surface area (Å²) < 4.78 is 12.8. The van der Waals surface area contributed by atoms with E-state index in [9.17, 15) is 9.18 Å². The topological polar surface area (TPSA) is 23.6 Å². The van der Waals surface area contributed by atoms with Crippen molar-refractivity contribution in [2.45, 2.75) is 0 Å². The Balaban J connectivity index is 1.90. The van der Waals surface area contributed by atoms with Crippen molar-refractivity contribution in [3.8, 4) is 0 Å². The van der Waals surface area contributed by atoms with Crippen LogP contribution in [0.15, 0.2) is 24.3 Å². The standard InChI is InChI=1S/C12H14ClFN2O/c13-12(17)9-15-5-7-16(8-6-15)11-3-1-10(14)2-4-11/h1-4H,5-9H2. The van der Waals surface area contributed by atoms with E-state index in [1.165, 1.54) is 12.1 Å². The van der Waals surface area contributed by atoms with Crippen molar-refractivity contribution in [2.24, 2.45) is 0 Å². The molecule has 0 saturated carbocycles. The van der Waals surface area contributed by atoms with Gasteiger partial charge in [-0.25, -0.2) is 4.39 Å². The molecule has 2 rings (SSSR count). The number of hydrogen-bond donors (Lipinski definition) is 0. The fourth-order valence-corrected chi connectivity index (χ4v) is 2.16. The van der Waals surface area contributed by atoms with E-state index < -0.39 is 0 Å². The van der Waals surface area contributed by atoms with Gasteiger partial charge < -0.3 is 4.90 Å². The predicted molar refractivity (Wildman–Crippen MR) is 65.9 cm³/mol. The van der Waals surface area contributed by atoms with Gasteiger partial charge in [0, 0.05) is 31.9 Å². The van der Waals surface area contributed by atoms with E-state index in [4.69, 9.17) is 11.6 Å². The Hall–Kier alpha value is -1.13. The number of piperazine rings is 1. The first-order chi connectivity index (χ1) is 8.15. The van der Waals surface area contributed by atoms with Crippen LogP contribution in [-0.4, -0.2) is 42.9 Å². The largest absolute Gasteiger partial charge is 0.369 e. The number of anilines is 1. The Morgan fingerprint density at radius 3 is 2.29 bits per heavy atom. The predicted octanol–water partition coefficient (Wildman–Crippen LogP) is 1.71. The van der Waals surface area contributed by atoms with Crippen molar-refractivity contribution >= 4 is 22.5 Å². The van der Waals surface area contributed by atoms with Crippen LogP contribution < -0.4 is 4.90 Å². The van der Waals surface area contributed by atoms with Gasteiger partial charge in [0.1, 0.15) is 5.82 Å². The number of carbonyl (C=O) groups excluding carboxylic acids is 1. The molecule has 17 heavy (non-hydrogen) atoms. The zero-order valence-electron chi connectivity index (χ0n) is 9.40. The van der Waals surface area contributed by atoms with Gasteiger partial charge in [-0.05, 0) is 35.9 Å². The summed E-state index contributed by atoms with van der Waals surface area (Å²) in [5.74, 6) is -0.222. The molecule has 0 amide bonds. The van der Waals surface area contributed by atoms with E-state index in [0.29, 0.717) is 6.54 Å². The van der Waals surface area contributed by atoms with Crippen LogP contribution in [0, 0.1) is 5.82 Å². The lowest BCUT2D eigenvalue weighted by molar-refractivity contribution is -0.112. The van der Waals surface area contributed by atoms with Crippen molar-refractivity contribution in [2.75, 3.05) is 37.6 Å². The normalized spacial score (nSPS) is 17.2. The summed E-state index contributed by atoms with van der Waals surface area (Å²) in [4.78, 5) is 15.0. The number of carbonyl (C=O) groups is 1. The molecule has 1 heterocycles. The lowest BCUT2D eigenvalue weighted by Gasteiger charge is -2.35. The Kier molecular flexibility index (Phi) is 3.97. The lowest BCUT2D eigenvalue weighted by Crippen LogP contribution is -2.47. The molecular formula is C12H14ClFN2O. The van der Waals surface area contributed by atoms with Crippen LogP contribution >= 0.6 is 11.6 Å². The van der Waals surface area contributed by atoms with Crippen LogP contribution in [0.4, 0.5) is 10.1 Å². The molecule has 1 aromatic carbocycles. The molecule has 3 nitrogen and oxygen atoms in total. The summed E-state index contributed by atoms with van der Waals surface area (Å²) in [6.07, 6.45) is 0. The van der Waals surface area contributed by atoms with Gasteiger partial charge in [-0.2, -0.15) is 0 Å². The molecule has 0 bridgehead atoms. The third kappa shape index (κ3) is 3.41. The van der Waals surface area contributed by atoms with Gasteiger partial charge in [0.2, 0.25) is 5.24 Å². The molecule has 0 unspecified atom stereocenters. The highest BCUT2D eigenvalue weighted by molar-refractivity contribution is 6.64. The minimum atomic E-state index is -0.319. The lowest BCUT2D eigenvalue weighted by atomic mass is 10.2. The van der Waals surface area contributed by atoms with Crippen LogP contribution in [-0.2, 0) is 4.79 Å². The van der Waals surface area contributed by atoms with Crippen LogP contribution in [0.1, 0.15) is 0 Å². The molecule has 0 atom stereocenters. The Morgan fingerprint density at radius 1 is 1.18 bits per heavy atom. The maximum absolute atomic E-state index is 12.8. The second-order valence-corrected chi connectivity index (χ2v) is 4.52. The number of benzene rings is 1. The molecule has 92 valence electrons. The molecule has 0 aromatic heterocycles. The van der Waals surface area contributed by atoms with Crippen LogP contribution in [0.5, 0.6) is 0 Å². The Morgan fingerprint density at radius 2 is 1.76 bits per heavy atom. The molecular weight excluding hydrogens is 243 g/mol. The molecule has 0 aliphatic carbocycles. The average molecular weight is 257 g/mol. The fourth-order valence-electron chi connectivity index (χ4n) is 1.99. The maximum atomic E-state index is 12.8. The van der Waals surface area contributed by atoms with E-state index >= 15 is 0 Å². The quantitative estimate of drug-likeness (QED) is 0.770. The Bertz CT molecular complexity index is 388. The van der Waals surface area contributed by atoms with Gasteiger partial charge in [-0.3, -0.25) is 9.69 Å². The van der Waals surface area contributed by atoms with E-state index in [1.807, 2.05) is 4.90 Å². The SMILES string of the molecule is O=C(Cl)CN1CCN(c2ccc(F)cc2)CC1. The summed E-state index contributed by atoms with van der Waals surface area (Å²) in [6.45, 7) is 3.57. The van der Waals surface area contributed by atoms with Gasteiger partial charge in [0.15, 0.2) is 0 Å². The van der Waals surface area contributed by atoms with Crippen molar-refractivity contribution in [3.63, 3.8) is 0 Å². The van der Waals surface area contributed by atoms with Crippen LogP contribution in [0.3, 0.4) is 0 Å².